The molecular weight excluding hydrogens is 217 g/mol. The van der Waals surface area contributed by atoms with Gasteiger partial charge in [0.05, 0.1) is 5.56 Å². The van der Waals surface area contributed by atoms with Crippen LogP contribution in [0.5, 0.6) is 0 Å². The summed E-state index contributed by atoms with van der Waals surface area (Å²) in [6.07, 6.45) is 0.0749. The molecular formula is C11H13F3N2. The molecule has 0 N–H and O–H groups in total. The van der Waals surface area contributed by atoms with E-state index in [2.05, 4.69) is 5.10 Å². The summed E-state index contributed by atoms with van der Waals surface area (Å²) in [6.45, 7) is 1.69. The molecule has 0 radical (unpaired) electrons. The molecule has 0 aromatic carbocycles. The summed E-state index contributed by atoms with van der Waals surface area (Å²) >= 11 is 0. The largest absolute Gasteiger partial charge is 0.282 e. The number of hydrogen-bond acceptors (Lipinski definition) is 1. The van der Waals surface area contributed by atoms with E-state index in [0.29, 0.717) is 5.57 Å². The van der Waals surface area contributed by atoms with E-state index >= 15 is 0 Å². The standard InChI is InChI=1S/C11H13F3N2/c1-6(7-4-3-5-7)8-9(10(12)13)15-16(2)11(8)14/h10H,3-5H2,1-2H3. The minimum absolute atomic E-state index is 0.00722. The third-order valence-electron chi connectivity index (χ3n) is 3.07. The highest BCUT2D eigenvalue weighted by atomic mass is 19.3. The van der Waals surface area contributed by atoms with Gasteiger partial charge in [0.2, 0.25) is 5.95 Å². The maximum absolute atomic E-state index is 13.7. The SMILES string of the molecule is CC(=C1CCC1)c1c(C(F)F)nn(C)c1F. The number of halogens is 3. The molecule has 0 amide bonds. The average Bonchev–Trinajstić information content (AvgIpc) is 2.40. The summed E-state index contributed by atoms with van der Waals surface area (Å²) < 4.78 is 40.0. The van der Waals surface area contributed by atoms with Crippen LogP contribution >= 0.6 is 0 Å². The van der Waals surface area contributed by atoms with Gasteiger partial charge in [0.1, 0.15) is 5.69 Å². The Labute approximate surface area is 91.8 Å². The Morgan fingerprint density at radius 2 is 2.00 bits per heavy atom. The molecule has 1 heterocycles. The van der Waals surface area contributed by atoms with Crippen molar-refractivity contribution in [3.05, 3.63) is 22.8 Å². The fraction of sp³-hybridized carbons (Fsp3) is 0.545. The number of aryl methyl sites for hydroxylation is 1. The van der Waals surface area contributed by atoms with Crippen molar-refractivity contribution in [3.8, 4) is 0 Å². The summed E-state index contributed by atoms with van der Waals surface area (Å²) in [6, 6.07) is 0. The van der Waals surface area contributed by atoms with Gasteiger partial charge < -0.3 is 0 Å². The van der Waals surface area contributed by atoms with Crippen molar-refractivity contribution in [2.75, 3.05) is 0 Å². The molecule has 1 aliphatic rings. The lowest BCUT2D eigenvalue weighted by Gasteiger charge is -2.20. The maximum atomic E-state index is 13.7. The molecule has 0 unspecified atom stereocenters. The molecule has 0 aliphatic heterocycles. The van der Waals surface area contributed by atoms with E-state index in [-0.39, 0.29) is 5.56 Å². The second-order valence-corrected chi connectivity index (χ2v) is 4.06. The molecule has 88 valence electrons. The number of hydrogen-bond donors (Lipinski definition) is 0. The highest BCUT2D eigenvalue weighted by Gasteiger charge is 2.26. The van der Waals surface area contributed by atoms with Crippen molar-refractivity contribution in [2.24, 2.45) is 7.05 Å². The van der Waals surface area contributed by atoms with Gasteiger partial charge in [-0.05, 0) is 31.8 Å². The molecule has 0 spiro atoms. The van der Waals surface area contributed by atoms with Crippen LogP contribution in [0.1, 0.15) is 43.9 Å². The predicted octanol–water partition coefficient (Wildman–Crippen LogP) is 3.45. The van der Waals surface area contributed by atoms with Gasteiger partial charge in [-0.2, -0.15) is 9.49 Å². The van der Waals surface area contributed by atoms with Crippen LogP contribution in [0.25, 0.3) is 5.57 Å². The van der Waals surface area contributed by atoms with Crippen LogP contribution in [0, 0.1) is 5.95 Å². The molecule has 1 aromatic heterocycles. The molecule has 1 aliphatic carbocycles. The van der Waals surface area contributed by atoms with Crippen molar-refractivity contribution in [1.82, 2.24) is 9.78 Å². The lowest BCUT2D eigenvalue weighted by Crippen LogP contribution is -2.02. The number of aromatic nitrogens is 2. The third kappa shape index (κ3) is 1.64. The van der Waals surface area contributed by atoms with Crippen molar-refractivity contribution in [1.29, 1.82) is 0 Å². The van der Waals surface area contributed by atoms with Gasteiger partial charge in [-0.15, -0.1) is 0 Å². The number of alkyl halides is 2. The molecule has 1 fully saturated rings. The summed E-state index contributed by atoms with van der Waals surface area (Å²) in [5, 5.41) is 3.53. The van der Waals surface area contributed by atoms with Crippen molar-refractivity contribution < 1.29 is 13.2 Å². The van der Waals surface area contributed by atoms with Crippen LogP contribution in [0.4, 0.5) is 13.2 Å². The Kier molecular flexibility index (Phi) is 2.78. The van der Waals surface area contributed by atoms with Crippen molar-refractivity contribution in [2.45, 2.75) is 32.6 Å². The zero-order chi connectivity index (χ0) is 11.9. The van der Waals surface area contributed by atoms with E-state index in [1.807, 2.05) is 0 Å². The van der Waals surface area contributed by atoms with Crippen LogP contribution in [0.3, 0.4) is 0 Å². The zero-order valence-electron chi connectivity index (χ0n) is 9.23. The fourth-order valence-corrected chi connectivity index (χ4v) is 1.93. The van der Waals surface area contributed by atoms with Crippen LogP contribution in [0.15, 0.2) is 5.57 Å². The molecule has 0 saturated heterocycles. The second-order valence-electron chi connectivity index (χ2n) is 4.06. The van der Waals surface area contributed by atoms with Crippen LogP contribution in [-0.4, -0.2) is 9.78 Å². The first-order valence-corrected chi connectivity index (χ1v) is 5.22. The van der Waals surface area contributed by atoms with E-state index in [1.165, 1.54) is 7.05 Å². The van der Waals surface area contributed by atoms with Crippen LogP contribution < -0.4 is 0 Å². The summed E-state index contributed by atoms with van der Waals surface area (Å²) in [7, 11) is 1.34. The first-order chi connectivity index (χ1) is 7.52. The first kappa shape index (κ1) is 11.2. The van der Waals surface area contributed by atoms with E-state index in [9.17, 15) is 13.2 Å². The fourth-order valence-electron chi connectivity index (χ4n) is 1.93. The van der Waals surface area contributed by atoms with E-state index in [0.717, 1.165) is 29.5 Å². The summed E-state index contributed by atoms with van der Waals surface area (Å²) in [4.78, 5) is 0. The number of allylic oxidation sites excluding steroid dienone is 2. The van der Waals surface area contributed by atoms with Gasteiger partial charge in [-0.25, -0.2) is 13.5 Å². The van der Waals surface area contributed by atoms with Crippen molar-refractivity contribution >= 4 is 5.57 Å². The molecule has 2 nitrogen and oxygen atoms in total. The Balaban J connectivity index is 2.54. The van der Waals surface area contributed by atoms with Gasteiger partial charge in [-0.3, -0.25) is 0 Å². The maximum Gasteiger partial charge on any atom is 0.282 e. The quantitative estimate of drug-likeness (QED) is 0.760. The minimum Gasteiger partial charge on any atom is -0.242 e. The number of rotatable bonds is 2. The zero-order valence-corrected chi connectivity index (χ0v) is 9.23. The monoisotopic (exact) mass is 230 g/mol. The lowest BCUT2D eigenvalue weighted by atomic mass is 9.86. The number of nitrogens with zero attached hydrogens (tertiary/aromatic N) is 2. The van der Waals surface area contributed by atoms with Gasteiger partial charge >= 0.3 is 0 Å². The Bertz CT molecular complexity index is 440. The molecule has 1 saturated carbocycles. The molecule has 1 aromatic rings. The highest BCUT2D eigenvalue weighted by Crippen LogP contribution is 2.37. The van der Waals surface area contributed by atoms with Gasteiger partial charge in [0, 0.05) is 7.05 Å². The molecule has 0 atom stereocenters. The Morgan fingerprint density at radius 1 is 1.38 bits per heavy atom. The normalized spacial score (nSPS) is 15.5. The van der Waals surface area contributed by atoms with E-state index in [4.69, 9.17) is 0 Å². The minimum atomic E-state index is -2.73. The second kappa shape index (κ2) is 3.96. The smallest absolute Gasteiger partial charge is 0.242 e. The molecule has 0 bridgehead atoms. The highest BCUT2D eigenvalue weighted by molar-refractivity contribution is 5.69. The summed E-state index contributed by atoms with van der Waals surface area (Å²) in [5.74, 6) is -0.674. The van der Waals surface area contributed by atoms with Crippen LogP contribution in [0.2, 0.25) is 0 Å². The average molecular weight is 230 g/mol. The Morgan fingerprint density at radius 3 is 2.44 bits per heavy atom. The molecule has 16 heavy (non-hydrogen) atoms. The van der Waals surface area contributed by atoms with Gasteiger partial charge in [0.15, 0.2) is 0 Å². The summed E-state index contributed by atoms with van der Waals surface area (Å²) in [5.41, 5.74) is 1.24. The van der Waals surface area contributed by atoms with Crippen LogP contribution in [-0.2, 0) is 7.05 Å². The van der Waals surface area contributed by atoms with E-state index in [1.54, 1.807) is 6.92 Å². The third-order valence-corrected chi connectivity index (χ3v) is 3.07. The van der Waals surface area contributed by atoms with Gasteiger partial charge in [-0.1, -0.05) is 5.57 Å². The topological polar surface area (TPSA) is 17.8 Å². The van der Waals surface area contributed by atoms with E-state index < -0.39 is 18.1 Å². The predicted molar refractivity (Wildman–Crippen MR) is 54.6 cm³/mol. The lowest BCUT2D eigenvalue weighted by molar-refractivity contribution is 0.145. The Hall–Kier alpha value is -1.26. The first-order valence-electron chi connectivity index (χ1n) is 5.22. The van der Waals surface area contributed by atoms with Gasteiger partial charge in [0.25, 0.3) is 6.43 Å². The molecule has 5 heteroatoms. The van der Waals surface area contributed by atoms with Crippen molar-refractivity contribution in [3.63, 3.8) is 0 Å². The molecule has 2 rings (SSSR count).